The van der Waals surface area contributed by atoms with Crippen LogP contribution >= 0.6 is 23.2 Å². The van der Waals surface area contributed by atoms with E-state index in [0.29, 0.717) is 11.7 Å². The first-order valence-corrected chi connectivity index (χ1v) is 8.30. The first kappa shape index (κ1) is 17.6. The number of nitrogens with one attached hydrogen (secondary N) is 2. The van der Waals surface area contributed by atoms with Crippen molar-refractivity contribution < 1.29 is 0 Å². The summed E-state index contributed by atoms with van der Waals surface area (Å²) in [5.74, 6) is 0.782. The predicted octanol–water partition coefficient (Wildman–Crippen LogP) is 3.69. The van der Waals surface area contributed by atoms with Crippen LogP contribution < -0.4 is 10.6 Å². The number of nitrogens with zero attached hydrogens (tertiary/aromatic N) is 2. The summed E-state index contributed by atoms with van der Waals surface area (Å²) >= 11 is 11.8. The molecule has 122 valence electrons. The minimum Gasteiger partial charge on any atom is -0.357 e. The average Bonchev–Trinajstić information content (AvgIpc) is 2.54. The third-order valence-electron chi connectivity index (χ3n) is 3.15. The molecule has 0 radical (unpaired) electrons. The molecular weight excluding hydrogens is 331 g/mol. The lowest BCUT2D eigenvalue weighted by Crippen LogP contribution is -2.38. The lowest BCUT2D eigenvalue weighted by atomic mass is 10.1. The Labute approximate surface area is 146 Å². The van der Waals surface area contributed by atoms with Crippen molar-refractivity contribution in [1.82, 2.24) is 15.6 Å². The molecule has 6 heteroatoms. The Kier molecular flexibility index (Phi) is 7.17. The van der Waals surface area contributed by atoms with Crippen molar-refractivity contribution in [2.75, 3.05) is 13.1 Å². The Hall–Kier alpha value is -1.78. The predicted molar refractivity (Wildman–Crippen MR) is 97.2 cm³/mol. The van der Waals surface area contributed by atoms with Gasteiger partial charge in [0.1, 0.15) is 5.15 Å². The number of hydrogen-bond donors (Lipinski definition) is 2. The van der Waals surface area contributed by atoms with Crippen LogP contribution in [0.4, 0.5) is 0 Å². The fraction of sp³-hybridized carbons (Fsp3) is 0.294. The second-order valence-corrected chi connectivity index (χ2v) is 5.81. The number of guanidine groups is 1. The summed E-state index contributed by atoms with van der Waals surface area (Å²) < 4.78 is 0. The van der Waals surface area contributed by atoms with E-state index >= 15 is 0 Å². The van der Waals surface area contributed by atoms with Crippen LogP contribution in [0.25, 0.3) is 0 Å². The van der Waals surface area contributed by atoms with Crippen LogP contribution in [-0.2, 0) is 13.0 Å². The highest BCUT2D eigenvalue weighted by Gasteiger charge is 1.99. The summed E-state index contributed by atoms with van der Waals surface area (Å²) in [6.45, 7) is 4.18. The largest absolute Gasteiger partial charge is 0.357 e. The van der Waals surface area contributed by atoms with E-state index in [1.54, 1.807) is 12.3 Å². The number of halogens is 2. The van der Waals surface area contributed by atoms with Gasteiger partial charge in [-0.25, -0.2) is 9.98 Å². The van der Waals surface area contributed by atoms with Gasteiger partial charge in [-0.15, -0.1) is 0 Å². The molecule has 0 atom stereocenters. The van der Waals surface area contributed by atoms with Crippen LogP contribution in [0.5, 0.6) is 0 Å². The Morgan fingerprint density at radius 2 is 2.00 bits per heavy atom. The van der Waals surface area contributed by atoms with Crippen LogP contribution in [-0.4, -0.2) is 24.0 Å². The number of rotatable bonds is 6. The van der Waals surface area contributed by atoms with Crippen molar-refractivity contribution in [3.63, 3.8) is 0 Å². The Morgan fingerprint density at radius 3 is 2.70 bits per heavy atom. The molecule has 0 saturated carbocycles. The SMILES string of the molecule is CCNC(=NCc1ccc(Cl)nc1)NCCc1cccc(Cl)c1. The molecule has 4 nitrogen and oxygen atoms in total. The number of benzene rings is 1. The van der Waals surface area contributed by atoms with Gasteiger partial charge in [-0.05, 0) is 42.7 Å². The van der Waals surface area contributed by atoms with E-state index in [9.17, 15) is 0 Å². The van der Waals surface area contributed by atoms with E-state index in [1.807, 2.05) is 31.2 Å². The monoisotopic (exact) mass is 350 g/mol. The minimum absolute atomic E-state index is 0.490. The zero-order valence-corrected chi connectivity index (χ0v) is 14.5. The molecule has 0 unspecified atom stereocenters. The Balaban J connectivity index is 1.87. The highest BCUT2D eigenvalue weighted by molar-refractivity contribution is 6.30. The van der Waals surface area contributed by atoms with Crippen LogP contribution in [0.3, 0.4) is 0 Å². The van der Waals surface area contributed by atoms with Gasteiger partial charge < -0.3 is 10.6 Å². The summed E-state index contributed by atoms with van der Waals surface area (Å²) in [6.07, 6.45) is 2.62. The molecule has 1 heterocycles. The zero-order valence-electron chi connectivity index (χ0n) is 13.0. The summed E-state index contributed by atoms with van der Waals surface area (Å²) in [6, 6.07) is 11.6. The second-order valence-electron chi connectivity index (χ2n) is 4.99. The quantitative estimate of drug-likeness (QED) is 0.474. The average molecular weight is 351 g/mol. The van der Waals surface area contributed by atoms with Crippen LogP contribution in [0.2, 0.25) is 10.2 Å². The van der Waals surface area contributed by atoms with Crippen molar-refractivity contribution in [2.24, 2.45) is 4.99 Å². The van der Waals surface area contributed by atoms with Crippen molar-refractivity contribution in [2.45, 2.75) is 19.9 Å². The van der Waals surface area contributed by atoms with Gasteiger partial charge in [-0.2, -0.15) is 0 Å². The fourth-order valence-corrected chi connectivity index (χ4v) is 2.35. The number of aliphatic imine (C=N–C) groups is 1. The highest BCUT2D eigenvalue weighted by Crippen LogP contribution is 2.10. The van der Waals surface area contributed by atoms with Gasteiger partial charge >= 0.3 is 0 Å². The smallest absolute Gasteiger partial charge is 0.191 e. The maximum absolute atomic E-state index is 5.99. The number of hydrogen-bond acceptors (Lipinski definition) is 2. The molecule has 1 aromatic heterocycles. The summed E-state index contributed by atoms with van der Waals surface area (Å²) in [4.78, 5) is 8.60. The molecule has 0 saturated heterocycles. The van der Waals surface area contributed by atoms with Gasteiger partial charge in [0.2, 0.25) is 0 Å². The topological polar surface area (TPSA) is 49.3 Å². The molecule has 2 N–H and O–H groups in total. The van der Waals surface area contributed by atoms with Crippen molar-refractivity contribution >= 4 is 29.2 Å². The van der Waals surface area contributed by atoms with Gasteiger partial charge in [0.15, 0.2) is 5.96 Å². The maximum atomic E-state index is 5.99. The molecule has 23 heavy (non-hydrogen) atoms. The van der Waals surface area contributed by atoms with Gasteiger partial charge in [-0.1, -0.05) is 41.4 Å². The van der Waals surface area contributed by atoms with Crippen molar-refractivity contribution in [3.05, 3.63) is 63.9 Å². The third-order valence-corrected chi connectivity index (χ3v) is 3.61. The van der Waals surface area contributed by atoms with E-state index in [4.69, 9.17) is 23.2 Å². The fourth-order valence-electron chi connectivity index (χ4n) is 2.03. The molecule has 0 aliphatic heterocycles. The molecule has 1 aromatic carbocycles. The van der Waals surface area contributed by atoms with Crippen LogP contribution in [0.1, 0.15) is 18.1 Å². The van der Waals surface area contributed by atoms with Gasteiger partial charge in [-0.3, -0.25) is 0 Å². The van der Waals surface area contributed by atoms with Gasteiger partial charge in [0, 0.05) is 24.3 Å². The van der Waals surface area contributed by atoms with E-state index in [0.717, 1.165) is 36.1 Å². The minimum atomic E-state index is 0.490. The summed E-state index contributed by atoms with van der Waals surface area (Å²) in [5.41, 5.74) is 2.21. The van der Waals surface area contributed by atoms with E-state index in [2.05, 4.69) is 26.7 Å². The summed E-state index contributed by atoms with van der Waals surface area (Å²) in [5, 5.41) is 7.80. The maximum Gasteiger partial charge on any atom is 0.191 e. The molecule has 0 amide bonds. The molecule has 2 rings (SSSR count). The van der Waals surface area contributed by atoms with Gasteiger partial charge in [0.25, 0.3) is 0 Å². The molecule has 0 spiro atoms. The molecule has 0 fully saturated rings. The normalized spacial score (nSPS) is 11.3. The molecule has 2 aromatic rings. The first-order chi connectivity index (χ1) is 11.2. The molecule has 0 bridgehead atoms. The third kappa shape index (κ3) is 6.47. The summed E-state index contributed by atoms with van der Waals surface area (Å²) in [7, 11) is 0. The zero-order chi connectivity index (χ0) is 16.5. The van der Waals surface area contributed by atoms with E-state index in [1.165, 1.54) is 5.56 Å². The van der Waals surface area contributed by atoms with E-state index in [-0.39, 0.29) is 0 Å². The first-order valence-electron chi connectivity index (χ1n) is 7.54. The van der Waals surface area contributed by atoms with E-state index < -0.39 is 0 Å². The lowest BCUT2D eigenvalue weighted by molar-refractivity contribution is 0.799. The number of aromatic nitrogens is 1. The van der Waals surface area contributed by atoms with Crippen LogP contribution in [0.15, 0.2) is 47.6 Å². The molecule has 0 aliphatic rings. The lowest BCUT2D eigenvalue weighted by Gasteiger charge is -2.11. The number of pyridine rings is 1. The second kappa shape index (κ2) is 9.38. The van der Waals surface area contributed by atoms with Crippen molar-refractivity contribution in [1.29, 1.82) is 0 Å². The molecule has 0 aliphatic carbocycles. The van der Waals surface area contributed by atoms with Gasteiger partial charge in [0.05, 0.1) is 6.54 Å². The Morgan fingerprint density at radius 1 is 1.13 bits per heavy atom. The highest BCUT2D eigenvalue weighted by atomic mass is 35.5. The van der Waals surface area contributed by atoms with Crippen molar-refractivity contribution in [3.8, 4) is 0 Å². The Bertz CT molecular complexity index is 641. The molecular formula is C17H20Cl2N4. The van der Waals surface area contributed by atoms with Crippen LogP contribution in [0, 0.1) is 0 Å². The standard InChI is InChI=1S/C17H20Cl2N4/c1-2-20-17(23-12-14-6-7-16(19)22-11-14)21-9-8-13-4-3-5-15(18)10-13/h3-7,10-11H,2,8-9,12H2,1H3,(H2,20,21,23).